The fraction of sp³-hybridized carbons (Fsp3) is 0.286. The van der Waals surface area contributed by atoms with Crippen LogP contribution in [0.15, 0.2) is 42.6 Å². The van der Waals surface area contributed by atoms with Crippen LogP contribution in [0.4, 0.5) is 0 Å². The average Bonchev–Trinajstić information content (AvgIpc) is 2.49. The van der Waals surface area contributed by atoms with E-state index < -0.39 is 0 Å². The van der Waals surface area contributed by atoms with E-state index in [9.17, 15) is 0 Å². The molecule has 0 spiro atoms. The molecule has 2 heterocycles. The lowest BCUT2D eigenvalue weighted by atomic mass is 10.2. The van der Waals surface area contributed by atoms with Gasteiger partial charge in [-0.1, -0.05) is 24.3 Å². The topological polar surface area (TPSA) is 78.0 Å². The third kappa shape index (κ3) is 3.93. The summed E-state index contributed by atoms with van der Waals surface area (Å²) in [4.78, 5) is 6.04. The molecule has 1 aromatic carbocycles. The molecule has 19 heavy (non-hydrogen) atoms. The van der Waals surface area contributed by atoms with Crippen LogP contribution in [0.5, 0.6) is 0 Å². The molecule has 1 aromatic heterocycles. The van der Waals surface area contributed by atoms with Gasteiger partial charge in [-0.05, 0) is 12.1 Å². The van der Waals surface area contributed by atoms with Crippen LogP contribution in [0.25, 0.3) is 10.9 Å². The second kappa shape index (κ2) is 6.70. The molecule has 0 radical (unpaired) electrons. The smallest absolute Gasteiger partial charge is 0.188 e. The maximum atomic E-state index is 7.06. The molecule has 1 aliphatic heterocycles. The second-order valence-corrected chi connectivity index (χ2v) is 4.32. The minimum absolute atomic E-state index is 0.191. The van der Waals surface area contributed by atoms with Crippen molar-refractivity contribution in [3.8, 4) is 0 Å². The molecule has 5 nitrogen and oxygen atoms in total. The van der Waals surface area contributed by atoms with Crippen LogP contribution in [-0.2, 0) is 0 Å². The van der Waals surface area contributed by atoms with Crippen molar-refractivity contribution in [2.24, 2.45) is 5.73 Å². The van der Waals surface area contributed by atoms with Gasteiger partial charge in [0, 0.05) is 37.8 Å². The van der Waals surface area contributed by atoms with Gasteiger partial charge in [-0.15, -0.1) is 0 Å². The van der Waals surface area contributed by atoms with Crippen LogP contribution in [0.2, 0.25) is 0 Å². The van der Waals surface area contributed by atoms with Gasteiger partial charge in [-0.3, -0.25) is 10.4 Å². The zero-order valence-corrected chi connectivity index (χ0v) is 10.8. The fourth-order valence-electron chi connectivity index (χ4n) is 1.92. The lowest BCUT2D eigenvalue weighted by Gasteiger charge is -2.27. The van der Waals surface area contributed by atoms with Crippen molar-refractivity contribution in [1.82, 2.24) is 15.2 Å². The normalized spacial score (nSPS) is 14.6. The predicted molar refractivity (Wildman–Crippen MR) is 78.1 cm³/mol. The summed E-state index contributed by atoms with van der Waals surface area (Å²) in [6, 6.07) is 12.1. The fourth-order valence-corrected chi connectivity index (χ4v) is 1.92. The molecule has 1 saturated heterocycles. The SMILES string of the molecule is N=C(N)N1CCNCC1.c1ccc2ncccc2c1. The highest BCUT2D eigenvalue weighted by Gasteiger charge is 2.08. The molecule has 1 aliphatic rings. The van der Waals surface area contributed by atoms with Crippen LogP contribution in [0.3, 0.4) is 0 Å². The van der Waals surface area contributed by atoms with Crippen molar-refractivity contribution in [3.63, 3.8) is 0 Å². The highest BCUT2D eigenvalue weighted by molar-refractivity contribution is 5.77. The van der Waals surface area contributed by atoms with Crippen LogP contribution in [-0.4, -0.2) is 42.0 Å². The lowest BCUT2D eigenvalue weighted by molar-refractivity contribution is 0.352. The molecule has 0 amide bonds. The second-order valence-electron chi connectivity index (χ2n) is 4.32. The Balaban J connectivity index is 0.000000141. The molecule has 0 bridgehead atoms. The molecule has 0 atom stereocenters. The highest BCUT2D eigenvalue weighted by Crippen LogP contribution is 2.07. The Labute approximate surface area is 112 Å². The van der Waals surface area contributed by atoms with E-state index in [1.165, 1.54) is 5.39 Å². The molecule has 0 saturated carbocycles. The van der Waals surface area contributed by atoms with Gasteiger partial charge in [0.1, 0.15) is 0 Å². The summed E-state index contributed by atoms with van der Waals surface area (Å²) in [6.07, 6.45) is 1.81. The number of fused-ring (bicyclic) bond motifs is 1. The molecule has 2 aromatic rings. The summed E-state index contributed by atoms with van der Waals surface area (Å²) < 4.78 is 0. The summed E-state index contributed by atoms with van der Waals surface area (Å²) in [7, 11) is 0. The zero-order chi connectivity index (χ0) is 13.5. The van der Waals surface area contributed by atoms with Gasteiger partial charge >= 0.3 is 0 Å². The lowest BCUT2D eigenvalue weighted by Crippen LogP contribution is -2.48. The minimum atomic E-state index is 0.191. The van der Waals surface area contributed by atoms with E-state index in [2.05, 4.69) is 22.4 Å². The van der Waals surface area contributed by atoms with Gasteiger partial charge in [0.15, 0.2) is 5.96 Å². The van der Waals surface area contributed by atoms with Crippen molar-refractivity contribution in [2.75, 3.05) is 26.2 Å². The Morgan fingerprint density at radius 2 is 1.84 bits per heavy atom. The van der Waals surface area contributed by atoms with Crippen molar-refractivity contribution in [1.29, 1.82) is 5.41 Å². The van der Waals surface area contributed by atoms with Crippen molar-refractivity contribution < 1.29 is 0 Å². The Morgan fingerprint density at radius 3 is 2.47 bits per heavy atom. The number of nitrogens with two attached hydrogens (primary N) is 1. The van der Waals surface area contributed by atoms with Gasteiger partial charge in [0.2, 0.25) is 0 Å². The van der Waals surface area contributed by atoms with Crippen molar-refractivity contribution in [3.05, 3.63) is 42.6 Å². The molecule has 1 fully saturated rings. The molecular weight excluding hydrogens is 238 g/mol. The molecule has 0 unspecified atom stereocenters. The van der Waals surface area contributed by atoms with Crippen LogP contribution < -0.4 is 11.1 Å². The van der Waals surface area contributed by atoms with E-state index in [0.29, 0.717) is 0 Å². The summed E-state index contributed by atoms with van der Waals surface area (Å²) in [6.45, 7) is 3.63. The first-order chi connectivity index (χ1) is 9.27. The Bertz CT molecular complexity index is 469. The molecule has 4 N–H and O–H groups in total. The Kier molecular flexibility index (Phi) is 4.69. The third-order valence-corrected chi connectivity index (χ3v) is 2.97. The van der Waals surface area contributed by atoms with Crippen LogP contribution in [0.1, 0.15) is 0 Å². The van der Waals surface area contributed by atoms with Crippen molar-refractivity contribution >= 4 is 16.9 Å². The van der Waals surface area contributed by atoms with E-state index in [-0.39, 0.29) is 5.96 Å². The molecule has 0 aliphatic carbocycles. The number of hydrogen-bond donors (Lipinski definition) is 3. The van der Waals surface area contributed by atoms with E-state index in [1.54, 1.807) is 0 Å². The van der Waals surface area contributed by atoms with Gasteiger partial charge in [-0.25, -0.2) is 0 Å². The van der Waals surface area contributed by atoms with Crippen LogP contribution >= 0.6 is 0 Å². The zero-order valence-electron chi connectivity index (χ0n) is 10.8. The standard InChI is InChI=1S/C9H7N.C5H12N4/c1-2-6-9-8(4-1)5-3-7-10-9;6-5(7)9-3-1-8-2-4-9/h1-7H;8H,1-4H2,(H3,6,7). The molecule has 100 valence electrons. The summed E-state index contributed by atoms with van der Waals surface area (Å²) in [5.41, 5.74) is 6.31. The largest absolute Gasteiger partial charge is 0.370 e. The first-order valence-electron chi connectivity index (χ1n) is 6.37. The number of nitrogens with one attached hydrogen (secondary N) is 2. The van der Waals surface area contributed by atoms with E-state index in [0.717, 1.165) is 31.7 Å². The summed E-state index contributed by atoms with van der Waals surface area (Å²) >= 11 is 0. The van der Waals surface area contributed by atoms with E-state index >= 15 is 0 Å². The molecule has 3 rings (SSSR count). The minimum Gasteiger partial charge on any atom is -0.370 e. The highest BCUT2D eigenvalue weighted by atomic mass is 15.3. The summed E-state index contributed by atoms with van der Waals surface area (Å²) in [5, 5.41) is 11.4. The quantitative estimate of drug-likeness (QED) is 0.486. The number of pyridine rings is 1. The molecular formula is C14H19N5. The van der Waals surface area contributed by atoms with Gasteiger partial charge < -0.3 is 16.0 Å². The van der Waals surface area contributed by atoms with Gasteiger partial charge in [0.05, 0.1) is 5.52 Å². The number of para-hydroxylation sites is 1. The van der Waals surface area contributed by atoms with Crippen LogP contribution in [0, 0.1) is 5.41 Å². The maximum absolute atomic E-state index is 7.06. The maximum Gasteiger partial charge on any atom is 0.188 e. The Hall–Kier alpha value is -2.14. The van der Waals surface area contributed by atoms with Gasteiger partial charge in [-0.2, -0.15) is 0 Å². The number of benzene rings is 1. The summed E-state index contributed by atoms with van der Waals surface area (Å²) in [5.74, 6) is 0.191. The number of nitrogens with zero attached hydrogens (tertiary/aromatic N) is 2. The number of aromatic nitrogens is 1. The predicted octanol–water partition coefficient (Wildman–Crippen LogP) is 1.02. The Morgan fingerprint density at radius 1 is 1.16 bits per heavy atom. The average molecular weight is 257 g/mol. The van der Waals surface area contributed by atoms with Gasteiger partial charge in [0.25, 0.3) is 0 Å². The van der Waals surface area contributed by atoms with E-state index in [1.807, 2.05) is 35.4 Å². The number of guanidine groups is 1. The molecule has 5 heteroatoms. The monoisotopic (exact) mass is 257 g/mol. The number of rotatable bonds is 0. The first-order valence-corrected chi connectivity index (χ1v) is 6.37. The third-order valence-electron chi connectivity index (χ3n) is 2.97. The van der Waals surface area contributed by atoms with Crippen molar-refractivity contribution in [2.45, 2.75) is 0 Å². The first kappa shape index (κ1) is 13.3. The number of hydrogen-bond acceptors (Lipinski definition) is 3. The van der Waals surface area contributed by atoms with E-state index in [4.69, 9.17) is 11.1 Å². The number of piperazine rings is 1.